The van der Waals surface area contributed by atoms with Crippen LogP contribution in [0.2, 0.25) is 0 Å². The number of benzene rings is 8. The van der Waals surface area contributed by atoms with E-state index in [0.29, 0.717) is 30.8 Å². The molecule has 4 aliphatic heterocycles. The first kappa shape index (κ1) is 49.9. The zero-order valence-electron chi connectivity index (χ0n) is 43.9. The number of carbonyl (C=O) groups is 2. The van der Waals surface area contributed by atoms with Crippen molar-refractivity contribution in [3.05, 3.63) is 227 Å². The maximum absolute atomic E-state index is 14.8. The Morgan fingerprint density at radius 3 is 1.68 bits per heavy atom. The van der Waals surface area contributed by atoms with Gasteiger partial charge in [0.05, 0.1) is 0 Å². The largest absolute Gasteiger partial charge is 0.338 e. The molecule has 7 heteroatoms. The molecule has 4 atom stereocenters. The number of piperidine rings is 2. The predicted molar refractivity (Wildman–Crippen MR) is 307 cm³/mol. The van der Waals surface area contributed by atoms with Gasteiger partial charge in [-0.15, -0.1) is 0 Å². The van der Waals surface area contributed by atoms with Crippen molar-refractivity contribution in [2.45, 2.75) is 62.7 Å². The van der Waals surface area contributed by atoms with Crippen LogP contribution in [0.15, 0.2) is 188 Å². The van der Waals surface area contributed by atoms with Crippen molar-refractivity contribution in [1.82, 2.24) is 19.6 Å². The van der Waals surface area contributed by atoms with Gasteiger partial charge in [-0.25, -0.2) is 4.39 Å². The van der Waals surface area contributed by atoms with Gasteiger partial charge in [-0.3, -0.25) is 9.59 Å². The fraction of sp³-hybridized carbons (Fsp3) is 0.333. The summed E-state index contributed by atoms with van der Waals surface area (Å²) >= 11 is 0. The third-order valence-corrected chi connectivity index (χ3v) is 18.0. The standard InChI is InChI=1S/C69H71FN4O2/c70-61-30-27-51(28-31-61)52-35-39-72(40-36-52)44-60-46-74(68(75)64-25-11-20-53-19-7-8-24-62(53)64)48-67(60)58-22-10-21-55(41-58)56-29-32-63-57(42-56)23-12-26-65(63)69(76)73-45-59(66(47-73)54-17-5-2-6-18-54)43-71-37-33-50(34-38-71)16-9-15-49-13-3-1-4-14-49/h1-8,10-14,17-32,41-42,50,52,59-60,66-67H,9,15-16,33-40,43-48H2/t59-,60-,66+,67+/m0/s1. The summed E-state index contributed by atoms with van der Waals surface area (Å²) in [4.78, 5) is 38.9. The van der Waals surface area contributed by atoms with Crippen molar-refractivity contribution in [3.63, 3.8) is 0 Å². The molecule has 0 aromatic heterocycles. The first-order chi connectivity index (χ1) is 37.4. The monoisotopic (exact) mass is 1010 g/mol. The molecular weight excluding hydrogens is 936 g/mol. The van der Waals surface area contributed by atoms with Gasteiger partial charge < -0.3 is 19.6 Å². The van der Waals surface area contributed by atoms with Crippen molar-refractivity contribution in [3.8, 4) is 11.1 Å². The van der Waals surface area contributed by atoms with Crippen molar-refractivity contribution in [1.29, 1.82) is 0 Å². The summed E-state index contributed by atoms with van der Waals surface area (Å²) in [6.45, 7) is 9.01. The molecular formula is C69H71FN4O2. The van der Waals surface area contributed by atoms with E-state index in [1.54, 1.807) is 12.1 Å². The van der Waals surface area contributed by atoms with Crippen LogP contribution in [-0.2, 0) is 6.42 Å². The molecule has 0 saturated carbocycles. The minimum Gasteiger partial charge on any atom is -0.338 e. The second kappa shape index (κ2) is 22.7. The molecule has 4 saturated heterocycles. The molecule has 386 valence electrons. The van der Waals surface area contributed by atoms with Gasteiger partial charge in [0.2, 0.25) is 0 Å². The molecule has 0 aliphatic carbocycles. The molecule has 0 unspecified atom stereocenters. The lowest BCUT2D eigenvalue weighted by atomic mass is 9.85. The molecule has 8 aromatic carbocycles. The lowest BCUT2D eigenvalue weighted by molar-refractivity contribution is 0.0775. The minimum absolute atomic E-state index is 0.0938. The summed E-state index contributed by atoms with van der Waals surface area (Å²) in [5.74, 6) is 2.33. The molecule has 2 amide bonds. The fourth-order valence-corrected chi connectivity index (χ4v) is 13.8. The van der Waals surface area contributed by atoms with Crippen LogP contribution in [0, 0.1) is 23.6 Å². The van der Waals surface area contributed by atoms with Gasteiger partial charge in [-0.2, -0.15) is 0 Å². The van der Waals surface area contributed by atoms with E-state index in [0.717, 1.165) is 115 Å². The lowest BCUT2D eigenvalue weighted by Gasteiger charge is -2.35. The number of nitrogens with zero attached hydrogens (tertiary/aromatic N) is 4. The van der Waals surface area contributed by atoms with E-state index in [1.807, 2.05) is 42.5 Å². The van der Waals surface area contributed by atoms with Crippen molar-refractivity contribution in [2.24, 2.45) is 17.8 Å². The van der Waals surface area contributed by atoms with Gasteiger partial charge in [0.15, 0.2) is 0 Å². The highest BCUT2D eigenvalue weighted by atomic mass is 19.1. The highest BCUT2D eigenvalue weighted by molar-refractivity contribution is 6.08. The number of aryl methyl sites for hydroxylation is 1. The van der Waals surface area contributed by atoms with E-state index >= 15 is 0 Å². The highest BCUT2D eigenvalue weighted by Gasteiger charge is 2.40. The van der Waals surface area contributed by atoms with E-state index in [1.165, 1.54) is 54.4 Å². The maximum Gasteiger partial charge on any atom is 0.254 e. The zero-order valence-corrected chi connectivity index (χ0v) is 43.9. The highest BCUT2D eigenvalue weighted by Crippen LogP contribution is 2.40. The lowest BCUT2D eigenvalue weighted by Crippen LogP contribution is -2.39. The van der Waals surface area contributed by atoms with Gasteiger partial charge in [0, 0.05) is 62.2 Å². The number of likely N-dealkylation sites (tertiary alicyclic amines) is 4. The maximum atomic E-state index is 14.8. The SMILES string of the molecule is O=C(c1cccc2cc(-c3cccc([C@H]4CN(C(=O)c5cccc6ccccc56)C[C@@H]4CN4CCC(c5ccc(F)cc5)CC4)c3)ccc12)N1C[C@H](CN2CCC(CCCc3ccccc3)CC2)[C@@H](c2ccccc2)C1. The normalized spacial score (nSPS) is 21.0. The molecule has 4 fully saturated rings. The van der Waals surface area contributed by atoms with Crippen molar-refractivity contribution >= 4 is 33.4 Å². The third-order valence-electron chi connectivity index (χ3n) is 18.0. The Hall–Kier alpha value is -6.93. The van der Waals surface area contributed by atoms with E-state index in [2.05, 4.69) is 153 Å². The van der Waals surface area contributed by atoms with Crippen LogP contribution in [0.1, 0.15) is 99.2 Å². The second-order valence-corrected chi connectivity index (χ2v) is 22.7. The van der Waals surface area contributed by atoms with Gasteiger partial charge in [-0.05, 0) is 174 Å². The number of hydrogen-bond acceptors (Lipinski definition) is 4. The second-order valence-electron chi connectivity index (χ2n) is 22.7. The summed E-state index contributed by atoms with van der Waals surface area (Å²) in [7, 11) is 0. The van der Waals surface area contributed by atoms with Gasteiger partial charge in [0.25, 0.3) is 11.8 Å². The summed E-state index contributed by atoms with van der Waals surface area (Å²) in [5.41, 5.74) is 9.04. The number of hydrogen-bond donors (Lipinski definition) is 0. The van der Waals surface area contributed by atoms with Gasteiger partial charge in [0.1, 0.15) is 5.82 Å². The van der Waals surface area contributed by atoms with Crippen LogP contribution in [0.25, 0.3) is 32.7 Å². The number of amides is 2. The third kappa shape index (κ3) is 11.0. The van der Waals surface area contributed by atoms with Crippen LogP contribution in [0.4, 0.5) is 4.39 Å². The van der Waals surface area contributed by atoms with Gasteiger partial charge >= 0.3 is 0 Å². The summed E-state index contributed by atoms with van der Waals surface area (Å²) in [6.07, 6.45) is 8.33. The summed E-state index contributed by atoms with van der Waals surface area (Å²) in [5, 5.41) is 4.12. The zero-order chi connectivity index (χ0) is 51.4. The molecule has 0 bridgehead atoms. The Labute approximate surface area is 449 Å². The summed E-state index contributed by atoms with van der Waals surface area (Å²) in [6, 6.07) is 65.0. The number of halogens is 1. The molecule has 4 heterocycles. The van der Waals surface area contributed by atoms with Crippen LogP contribution < -0.4 is 0 Å². The number of fused-ring (bicyclic) bond motifs is 2. The van der Waals surface area contributed by atoms with E-state index in [9.17, 15) is 14.0 Å². The predicted octanol–water partition coefficient (Wildman–Crippen LogP) is 14.1. The topological polar surface area (TPSA) is 47.1 Å². The van der Waals surface area contributed by atoms with Crippen LogP contribution >= 0.6 is 0 Å². The Bertz CT molecular complexity index is 3270. The average molecular weight is 1010 g/mol. The van der Waals surface area contributed by atoms with Crippen molar-refractivity contribution < 1.29 is 14.0 Å². The smallest absolute Gasteiger partial charge is 0.254 e. The van der Waals surface area contributed by atoms with E-state index in [-0.39, 0.29) is 29.5 Å². The molecule has 12 rings (SSSR count). The summed E-state index contributed by atoms with van der Waals surface area (Å²) < 4.78 is 13.8. The number of rotatable bonds is 14. The molecule has 0 N–H and O–H groups in total. The first-order valence-corrected chi connectivity index (χ1v) is 28.4. The number of carbonyl (C=O) groups excluding carboxylic acids is 2. The molecule has 76 heavy (non-hydrogen) atoms. The van der Waals surface area contributed by atoms with Crippen LogP contribution in [-0.4, -0.2) is 96.9 Å². The fourth-order valence-electron chi connectivity index (χ4n) is 13.8. The quantitative estimate of drug-likeness (QED) is 0.109. The molecule has 0 radical (unpaired) electrons. The Morgan fingerprint density at radius 1 is 0.461 bits per heavy atom. The van der Waals surface area contributed by atoms with Crippen LogP contribution in [0.5, 0.6) is 0 Å². The molecule has 4 aliphatic rings. The van der Waals surface area contributed by atoms with E-state index in [4.69, 9.17) is 0 Å². The Kier molecular flexibility index (Phi) is 14.9. The molecule has 6 nitrogen and oxygen atoms in total. The Balaban J connectivity index is 0.749. The Morgan fingerprint density at radius 2 is 1.00 bits per heavy atom. The van der Waals surface area contributed by atoms with Gasteiger partial charge in [-0.1, -0.05) is 164 Å². The van der Waals surface area contributed by atoms with Crippen LogP contribution in [0.3, 0.4) is 0 Å². The van der Waals surface area contributed by atoms with E-state index < -0.39 is 0 Å². The minimum atomic E-state index is -0.187. The van der Waals surface area contributed by atoms with Crippen molar-refractivity contribution in [2.75, 3.05) is 65.4 Å². The molecule has 0 spiro atoms. The molecule has 8 aromatic rings. The first-order valence-electron chi connectivity index (χ1n) is 28.4. The average Bonchev–Trinajstić information content (AvgIpc) is 4.10.